The average Bonchev–Trinajstić information content (AvgIpc) is 2.84. The van der Waals surface area contributed by atoms with Gasteiger partial charge >= 0.3 is 0 Å². The van der Waals surface area contributed by atoms with E-state index in [9.17, 15) is 0 Å². The zero-order chi connectivity index (χ0) is 14.4. The van der Waals surface area contributed by atoms with Crippen molar-refractivity contribution in [1.29, 1.82) is 0 Å². The fraction of sp³-hybridized carbons (Fsp3) is 0.438. The summed E-state index contributed by atoms with van der Waals surface area (Å²) in [6, 6.07) is 8.07. The molecule has 1 aromatic heterocycles. The molecule has 4 nitrogen and oxygen atoms in total. The van der Waals surface area contributed by atoms with Crippen molar-refractivity contribution in [3.63, 3.8) is 0 Å². The first-order valence-electron chi connectivity index (χ1n) is 7.21. The minimum Gasteiger partial charge on any atom is -0.491 e. The standard InChI is InChI=1S/C16H23N3O/c1-4-10-20-16-9-7-6-8-15(16)17-11-13-12-19(3)18-14(13)5-2/h6-9,12,17H,4-5,10-11H2,1-3H3. The minimum absolute atomic E-state index is 0.742. The zero-order valence-corrected chi connectivity index (χ0v) is 12.5. The van der Waals surface area contributed by atoms with Crippen LogP contribution in [0.4, 0.5) is 5.69 Å². The quantitative estimate of drug-likeness (QED) is 0.840. The second-order valence-electron chi connectivity index (χ2n) is 4.83. The topological polar surface area (TPSA) is 39.1 Å². The first-order chi connectivity index (χ1) is 9.74. The molecule has 0 saturated carbocycles. The Morgan fingerprint density at radius 2 is 2.05 bits per heavy atom. The van der Waals surface area contributed by atoms with Gasteiger partial charge in [-0.05, 0) is 25.0 Å². The Bertz CT molecular complexity index is 548. The number of para-hydroxylation sites is 2. The monoisotopic (exact) mass is 273 g/mol. The van der Waals surface area contributed by atoms with Gasteiger partial charge in [0.1, 0.15) is 5.75 Å². The maximum absolute atomic E-state index is 5.75. The first kappa shape index (κ1) is 14.4. The molecule has 0 bridgehead atoms. The van der Waals surface area contributed by atoms with Gasteiger partial charge in [-0.15, -0.1) is 0 Å². The van der Waals surface area contributed by atoms with Crippen LogP contribution in [0.3, 0.4) is 0 Å². The second kappa shape index (κ2) is 6.98. The molecule has 0 aliphatic carbocycles. The van der Waals surface area contributed by atoms with Crippen molar-refractivity contribution in [1.82, 2.24) is 9.78 Å². The molecule has 108 valence electrons. The van der Waals surface area contributed by atoms with E-state index in [0.29, 0.717) is 0 Å². The number of hydrogen-bond donors (Lipinski definition) is 1. The highest BCUT2D eigenvalue weighted by atomic mass is 16.5. The Kier molecular flexibility index (Phi) is 5.04. The van der Waals surface area contributed by atoms with E-state index in [-0.39, 0.29) is 0 Å². The number of aryl methyl sites for hydroxylation is 2. The zero-order valence-electron chi connectivity index (χ0n) is 12.5. The van der Waals surface area contributed by atoms with E-state index in [1.54, 1.807) is 0 Å². The lowest BCUT2D eigenvalue weighted by molar-refractivity contribution is 0.319. The lowest BCUT2D eigenvalue weighted by Gasteiger charge is -2.12. The summed E-state index contributed by atoms with van der Waals surface area (Å²) in [5.74, 6) is 0.913. The lowest BCUT2D eigenvalue weighted by atomic mass is 10.2. The van der Waals surface area contributed by atoms with Crippen LogP contribution in [-0.2, 0) is 20.0 Å². The first-order valence-corrected chi connectivity index (χ1v) is 7.21. The Morgan fingerprint density at radius 1 is 1.25 bits per heavy atom. The third-order valence-corrected chi connectivity index (χ3v) is 3.14. The molecule has 0 aliphatic rings. The smallest absolute Gasteiger partial charge is 0.142 e. The largest absolute Gasteiger partial charge is 0.491 e. The molecule has 0 fully saturated rings. The normalized spacial score (nSPS) is 10.6. The van der Waals surface area contributed by atoms with Gasteiger partial charge in [0.25, 0.3) is 0 Å². The van der Waals surface area contributed by atoms with Gasteiger partial charge in [0.15, 0.2) is 0 Å². The fourth-order valence-electron chi connectivity index (χ4n) is 2.17. The molecule has 0 spiro atoms. The van der Waals surface area contributed by atoms with Crippen molar-refractivity contribution in [2.45, 2.75) is 33.2 Å². The number of anilines is 1. The molecular weight excluding hydrogens is 250 g/mol. The van der Waals surface area contributed by atoms with Crippen LogP contribution in [0.5, 0.6) is 5.75 Å². The van der Waals surface area contributed by atoms with Crippen LogP contribution in [0, 0.1) is 0 Å². The van der Waals surface area contributed by atoms with E-state index in [2.05, 4.69) is 30.5 Å². The van der Waals surface area contributed by atoms with Crippen molar-refractivity contribution >= 4 is 5.69 Å². The summed E-state index contributed by atoms with van der Waals surface area (Å²) < 4.78 is 7.62. The van der Waals surface area contributed by atoms with Gasteiger partial charge < -0.3 is 10.1 Å². The van der Waals surface area contributed by atoms with E-state index >= 15 is 0 Å². The van der Waals surface area contributed by atoms with E-state index in [1.807, 2.05) is 36.0 Å². The molecule has 0 unspecified atom stereocenters. The second-order valence-corrected chi connectivity index (χ2v) is 4.83. The van der Waals surface area contributed by atoms with Gasteiger partial charge in [0.05, 0.1) is 18.0 Å². The Morgan fingerprint density at radius 3 is 2.80 bits per heavy atom. The maximum Gasteiger partial charge on any atom is 0.142 e. The van der Waals surface area contributed by atoms with Crippen LogP contribution >= 0.6 is 0 Å². The molecule has 1 N–H and O–H groups in total. The van der Waals surface area contributed by atoms with Crippen LogP contribution in [0.1, 0.15) is 31.5 Å². The van der Waals surface area contributed by atoms with Crippen molar-refractivity contribution in [2.75, 3.05) is 11.9 Å². The van der Waals surface area contributed by atoms with E-state index < -0.39 is 0 Å². The number of rotatable bonds is 7. The number of benzene rings is 1. The van der Waals surface area contributed by atoms with Gasteiger partial charge in [-0.25, -0.2) is 0 Å². The molecule has 0 amide bonds. The summed E-state index contributed by atoms with van der Waals surface area (Å²) in [6.45, 7) is 5.75. The molecule has 4 heteroatoms. The highest BCUT2D eigenvalue weighted by molar-refractivity contribution is 5.56. The Labute approximate surface area is 120 Å². The SMILES string of the molecule is CCCOc1ccccc1NCc1cn(C)nc1CC. The van der Waals surface area contributed by atoms with Crippen molar-refractivity contribution in [2.24, 2.45) is 7.05 Å². The van der Waals surface area contributed by atoms with E-state index in [1.165, 1.54) is 5.56 Å². The number of nitrogens with one attached hydrogen (secondary N) is 1. The van der Waals surface area contributed by atoms with Crippen molar-refractivity contribution in [3.05, 3.63) is 41.7 Å². The van der Waals surface area contributed by atoms with E-state index in [4.69, 9.17) is 4.74 Å². The summed E-state index contributed by atoms with van der Waals surface area (Å²) in [7, 11) is 1.96. The van der Waals surface area contributed by atoms with Crippen LogP contribution < -0.4 is 10.1 Å². The van der Waals surface area contributed by atoms with Crippen molar-refractivity contribution < 1.29 is 4.74 Å². The summed E-state index contributed by atoms with van der Waals surface area (Å²) in [5, 5.41) is 7.91. The molecule has 2 aromatic rings. The van der Waals surface area contributed by atoms with Crippen LogP contribution in [-0.4, -0.2) is 16.4 Å². The maximum atomic E-state index is 5.75. The molecule has 0 saturated heterocycles. The highest BCUT2D eigenvalue weighted by Gasteiger charge is 2.07. The third kappa shape index (κ3) is 3.53. The summed E-state index contributed by atoms with van der Waals surface area (Å²) in [4.78, 5) is 0. The van der Waals surface area contributed by atoms with Crippen LogP contribution in [0.25, 0.3) is 0 Å². The summed E-state index contributed by atoms with van der Waals surface area (Å²) in [6.07, 6.45) is 4.03. The van der Waals surface area contributed by atoms with Gasteiger partial charge in [0.2, 0.25) is 0 Å². The molecule has 0 atom stereocenters. The molecule has 1 aromatic carbocycles. The minimum atomic E-state index is 0.742. The third-order valence-electron chi connectivity index (χ3n) is 3.14. The fourth-order valence-corrected chi connectivity index (χ4v) is 2.17. The molecular formula is C16H23N3O. The van der Waals surface area contributed by atoms with Gasteiger partial charge in [-0.1, -0.05) is 26.0 Å². The number of aromatic nitrogens is 2. The highest BCUT2D eigenvalue weighted by Crippen LogP contribution is 2.24. The summed E-state index contributed by atoms with van der Waals surface area (Å²) in [5.41, 5.74) is 3.42. The predicted molar refractivity (Wildman–Crippen MR) is 82.1 cm³/mol. The lowest BCUT2D eigenvalue weighted by Crippen LogP contribution is -2.04. The average molecular weight is 273 g/mol. The van der Waals surface area contributed by atoms with Crippen molar-refractivity contribution in [3.8, 4) is 5.75 Å². The molecule has 0 radical (unpaired) electrons. The van der Waals surface area contributed by atoms with Crippen LogP contribution in [0.15, 0.2) is 30.5 Å². The van der Waals surface area contributed by atoms with Crippen LogP contribution in [0.2, 0.25) is 0 Å². The molecule has 1 heterocycles. The number of hydrogen-bond acceptors (Lipinski definition) is 3. The molecule has 2 rings (SSSR count). The number of ether oxygens (including phenoxy) is 1. The molecule has 0 aliphatic heterocycles. The molecule has 20 heavy (non-hydrogen) atoms. The van der Waals surface area contributed by atoms with Gasteiger partial charge in [-0.3, -0.25) is 4.68 Å². The Balaban J connectivity index is 2.06. The predicted octanol–water partition coefficient (Wildman–Crippen LogP) is 3.38. The van der Waals surface area contributed by atoms with Gasteiger partial charge in [0, 0.05) is 25.4 Å². The number of nitrogens with zero attached hydrogens (tertiary/aromatic N) is 2. The van der Waals surface area contributed by atoms with Gasteiger partial charge in [-0.2, -0.15) is 5.10 Å². The summed E-state index contributed by atoms with van der Waals surface area (Å²) >= 11 is 0. The Hall–Kier alpha value is -1.97. The van der Waals surface area contributed by atoms with E-state index in [0.717, 1.165) is 43.1 Å².